The van der Waals surface area contributed by atoms with Crippen molar-refractivity contribution in [3.8, 4) is 33.6 Å². The lowest BCUT2D eigenvalue weighted by atomic mass is 10.0. The van der Waals surface area contributed by atoms with Crippen LogP contribution in [0.5, 0.6) is 0 Å². The Labute approximate surface area is 351 Å². The molecule has 0 saturated carbocycles. The molecule has 16 nitrogen and oxygen atoms in total. The molecular weight excluding hydrogens is 767 g/mol. The van der Waals surface area contributed by atoms with Crippen molar-refractivity contribution in [3.05, 3.63) is 72.6 Å². The van der Waals surface area contributed by atoms with Gasteiger partial charge in [0.2, 0.25) is 11.8 Å². The van der Waals surface area contributed by atoms with E-state index in [9.17, 15) is 19.2 Å². The van der Waals surface area contributed by atoms with Crippen LogP contribution in [0.2, 0.25) is 0 Å². The minimum atomic E-state index is -0.697. The first-order chi connectivity index (χ1) is 28.6. The summed E-state index contributed by atoms with van der Waals surface area (Å²) < 4.78 is 15.6. The van der Waals surface area contributed by atoms with Crippen LogP contribution in [-0.4, -0.2) is 117 Å². The average Bonchev–Trinajstić information content (AvgIpc) is 4.05. The van der Waals surface area contributed by atoms with E-state index in [-0.39, 0.29) is 49.6 Å². The van der Waals surface area contributed by atoms with E-state index in [1.807, 2.05) is 72.7 Å². The van der Waals surface area contributed by atoms with Crippen molar-refractivity contribution in [2.75, 3.05) is 40.7 Å². The zero-order valence-corrected chi connectivity index (χ0v) is 36.1. The molecule has 2 aromatic heterocycles. The van der Waals surface area contributed by atoms with Crippen molar-refractivity contribution in [1.29, 1.82) is 0 Å². The number of imidazole rings is 2. The fraction of sp³-hybridized carbons (Fsp3) is 0.500. The zero-order chi connectivity index (χ0) is 43.3. The fourth-order valence-corrected chi connectivity index (χ4v) is 7.71. The Morgan fingerprint density at radius 1 is 0.767 bits per heavy atom. The highest BCUT2D eigenvalue weighted by Gasteiger charge is 2.43. The van der Waals surface area contributed by atoms with Crippen LogP contribution in [-0.2, 0) is 23.8 Å². The molecule has 6 rings (SSSR count). The second-order valence-electron chi connectivity index (χ2n) is 17.1. The SMILES string of the molecule is COCN[C@H](C(=O)N1CN(C(=O)OC(C)(C)C)C[C@H]1c1ncc(-c2ccc(-c3ccc(-c4cnc([C@@H]5CCCN5C(=O)[C@@H](NC(=O)OC)C(C)C)[nH]4)cc3)cc2)[nH]1)C(C)C. The number of nitrogens with zero attached hydrogens (tertiary/aromatic N) is 5. The monoisotopic (exact) mass is 825 g/mol. The third-order valence-corrected chi connectivity index (χ3v) is 10.9. The third-order valence-electron chi connectivity index (χ3n) is 10.9. The number of ether oxygens (including phenoxy) is 3. The van der Waals surface area contributed by atoms with Crippen LogP contribution >= 0.6 is 0 Å². The van der Waals surface area contributed by atoms with Crippen molar-refractivity contribution >= 4 is 24.0 Å². The Kier molecular flexibility index (Phi) is 13.6. The fourth-order valence-electron chi connectivity index (χ4n) is 7.71. The third kappa shape index (κ3) is 9.99. The number of hydrogen-bond acceptors (Lipinski definition) is 10. The van der Waals surface area contributed by atoms with Gasteiger partial charge in [-0.25, -0.2) is 19.6 Å². The van der Waals surface area contributed by atoms with Crippen LogP contribution in [0.4, 0.5) is 9.59 Å². The Morgan fingerprint density at radius 3 is 1.78 bits per heavy atom. The van der Waals surface area contributed by atoms with Gasteiger partial charge < -0.3 is 39.3 Å². The second-order valence-corrected chi connectivity index (χ2v) is 17.1. The van der Waals surface area contributed by atoms with E-state index >= 15 is 0 Å². The van der Waals surface area contributed by atoms with Gasteiger partial charge in [-0.1, -0.05) is 76.2 Å². The topological polar surface area (TPSA) is 187 Å². The van der Waals surface area contributed by atoms with E-state index < -0.39 is 35.9 Å². The maximum atomic E-state index is 14.0. The number of H-pyrrole nitrogens is 2. The summed E-state index contributed by atoms with van der Waals surface area (Å²) in [6, 6.07) is 14.4. The molecule has 2 aliphatic heterocycles. The number of likely N-dealkylation sites (tertiary alicyclic amines) is 1. The first-order valence-electron chi connectivity index (χ1n) is 20.5. The molecule has 60 heavy (non-hydrogen) atoms. The minimum absolute atomic E-state index is 0.0291. The molecule has 4 amide bonds. The lowest BCUT2D eigenvalue weighted by Gasteiger charge is -2.30. The molecule has 2 aliphatic rings. The maximum Gasteiger partial charge on any atom is 0.411 e. The highest BCUT2D eigenvalue weighted by atomic mass is 16.6. The van der Waals surface area contributed by atoms with Gasteiger partial charge in [-0.05, 0) is 67.7 Å². The maximum absolute atomic E-state index is 14.0. The smallest absolute Gasteiger partial charge is 0.411 e. The number of hydrogen-bond donors (Lipinski definition) is 4. The molecule has 2 fully saturated rings. The second kappa shape index (κ2) is 18.7. The lowest BCUT2D eigenvalue weighted by Crippen LogP contribution is -2.51. The highest BCUT2D eigenvalue weighted by molar-refractivity contribution is 5.86. The van der Waals surface area contributed by atoms with Crippen LogP contribution in [0.15, 0.2) is 60.9 Å². The molecule has 16 heteroatoms. The first kappa shape index (κ1) is 43.8. The number of nitrogens with one attached hydrogen (secondary N) is 4. The van der Waals surface area contributed by atoms with Crippen LogP contribution in [0.25, 0.3) is 33.6 Å². The Balaban J connectivity index is 1.14. The number of methoxy groups -OCH3 is 2. The van der Waals surface area contributed by atoms with Gasteiger partial charge in [0, 0.05) is 13.7 Å². The minimum Gasteiger partial charge on any atom is -0.453 e. The van der Waals surface area contributed by atoms with Gasteiger partial charge in [-0.3, -0.25) is 19.8 Å². The molecule has 4 atom stereocenters. The standard InChI is InChI=1S/C44H59N9O7/c1-26(2)36(47-24-58-8)40(54)53-25-51(43(57)60-44(5,6)7)23-35(53)39-46-22-33(49-39)31-18-14-29(15-19-31)28-12-16-30(17-13-28)32-21-45-38(48-32)34-11-10-20-52(34)41(55)37(27(3)4)50-42(56)59-9/h12-19,21-22,26-27,34-37,47H,10-11,20,23-25H2,1-9H3,(H,45,48)(H,46,49)(H,50,56)/t34-,35-,36-,37-/m0/s1. The Bertz CT molecular complexity index is 2110. The predicted octanol–water partition coefficient (Wildman–Crippen LogP) is 6.47. The lowest BCUT2D eigenvalue weighted by molar-refractivity contribution is -0.137. The number of benzene rings is 2. The van der Waals surface area contributed by atoms with Crippen molar-refractivity contribution in [1.82, 2.24) is 45.3 Å². The zero-order valence-electron chi connectivity index (χ0n) is 36.1. The van der Waals surface area contributed by atoms with Crippen molar-refractivity contribution in [2.45, 2.75) is 91.1 Å². The van der Waals surface area contributed by atoms with Gasteiger partial charge in [-0.2, -0.15) is 0 Å². The highest BCUT2D eigenvalue weighted by Crippen LogP contribution is 2.34. The van der Waals surface area contributed by atoms with E-state index in [0.29, 0.717) is 18.2 Å². The van der Waals surface area contributed by atoms with Gasteiger partial charge in [0.15, 0.2) is 0 Å². The largest absolute Gasteiger partial charge is 0.453 e. The van der Waals surface area contributed by atoms with Gasteiger partial charge in [-0.15, -0.1) is 0 Å². The summed E-state index contributed by atoms with van der Waals surface area (Å²) in [4.78, 5) is 74.0. The van der Waals surface area contributed by atoms with E-state index in [1.165, 1.54) is 12.0 Å². The Morgan fingerprint density at radius 2 is 1.28 bits per heavy atom. The number of aromatic nitrogens is 4. The summed E-state index contributed by atoms with van der Waals surface area (Å²) >= 11 is 0. The molecule has 0 spiro atoms. The molecule has 2 saturated heterocycles. The summed E-state index contributed by atoms with van der Waals surface area (Å²) in [5, 5.41) is 5.87. The van der Waals surface area contributed by atoms with E-state index in [1.54, 1.807) is 29.3 Å². The molecule has 2 aromatic carbocycles. The molecule has 322 valence electrons. The molecule has 0 unspecified atom stereocenters. The summed E-state index contributed by atoms with van der Waals surface area (Å²) in [5.41, 5.74) is 4.88. The van der Waals surface area contributed by atoms with Crippen molar-refractivity contribution in [3.63, 3.8) is 0 Å². The first-order valence-corrected chi connectivity index (χ1v) is 20.5. The van der Waals surface area contributed by atoms with Crippen LogP contribution in [0.3, 0.4) is 0 Å². The predicted molar refractivity (Wildman–Crippen MR) is 226 cm³/mol. The number of amides is 4. The van der Waals surface area contributed by atoms with Crippen molar-refractivity contribution in [2.24, 2.45) is 11.8 Å². The molecule has 0 aliphatic carbocycles. The molecule has 4 N–H and O–H groups in total. The summed E-state index contributed by atoms with van der Waals surface area (Å²) in [7, 11) is 2.85. The van der Waals surface area contributed by atoms with E-state index in [4.69, 9.17) is 19.2 Å². The number of alkyl carbamates (subject to hydrolysis) is 1. The van der Waals surface area contributed by atoms with Gasteiger partial charge in [0.05, 0.1) is 62.9 Å². The van der Waals surface area contributed by atoms with Gasteiger partial charge >= 0.3 is 12.2 Å². The number of carbonyl (C=O) groups excluding carboxylic acids is 4. The van der Waals surface area contributed by atoms with E-state index in [0.717, 1.165) is 46.5 Å². The van der Waals surface area contributed by atoms with E-state index in [2.05, 4.69) is 49.9 Å². The molecular formula is C44H59N9O7. The molecule has 0 bridgehead atoms. The summed E-state index contributed by atoms with van der Waals surface area (Å²) in [6.45, 7) is 14.3. The van der Waals surface area contributed by atoms with Gasteiger partial charge in [0.25, 0.3) is 0 Å². The average molecular weight is 826 g/mol. The Hall–Kier alpha value is -5.74. The number of carbonyl (C=O) groups is 4. The quantitative estimate of drug-likeness (QED) is 0.109. The molecule has 4 heterocycles. The summed E-state index contributed by atoms with van der Waals surface area (Å²) in [5.74, 6) is 0.839. The number of aromatic amines is 2. The van der Waals surface area contributed by atoms with Crippen LogP contribution in [0.1, 0.15) is 85.0 Å². The molecule has 0 radical (unpaired) electrons. The van der Waals surface area contributed by atoms with Crippen molar-refractivity contribution < 1.29 is 33.4 Å². The number of rotatable bonds is 13. The summed E-state index contributed by atoms with van der Waals surface area (Å²) in [6.07, 6.45) is 4.03. The molecule has 4 aromatic rings. The van der Waals surface area contributed by atoms with Gasteiger partial charge in [0.1, 0.15) is 29.3 Å². The van der Waals surface area contributed by atoms with Crippen LogP contribution < -0.4 is 10.6 Å². The normalized spacial score (nSPS) is 17.9. The van der Waals surface area contributed by atoms with Crippen LogP contribution in [0, 0.1) is 11.8 Å².